The summed E-state index contributed by atoms with van der Waals surface area (Å²) in [5.74, 6) is 0. The molecule has 1 aliphatic heterocycles. The topological polar surface area (TPSA) is 58.9 Å². The summed E-state index contributed by atoms with van der Waals surface area (Å²) in [4.78, 5) is 0. The molecule has 19 heavy (non-hydrogen) atoms. The smallest absolute Gasteiger partial charge is 0.181 e. The van der Waals surface area contributed by atoms with Crippen molar-refractivity contribution in [3.05, 3.63) is 42.0 Å². The molecule has 1 fully saturated rings. The molecule has 1 aromatic carbocycles. The average molecular weight is 264 g/mol. The van der Waals surface area contributed by atoms with E-state index in [1.54, 1.807) is 18.2 Å². The van der Waals surface area contributed by atoms with Crippen molar-refractivity contribution in [1.82, 2.24) is 0 Å². The quantitative estimate of drug-likeness (QED) is 0.797. The standard InChI is InChI=1S/C15H20O4/c1-2-11-3-5-12(6-4-11)15(17)19-10-14-9-13(16)7-8-18-14/h2-6,13-17H,1,7-10H2. The summed E-state index contributed by atoms with van der Waals surface area (Å²) in [7, 11) is 0. The van der Waals surface area contributed by atoms with E-state index in [-0.39, 0.29) is 18.8 Å². The second-order valence-corrected chi connectivity index (χ2v) is 4.73. The first-order chi connectivity index (χ1) is 9.19. The van der Waals surface area contributed by atoms with Crippen molar-refractivity contribution in [1.29, 1.82) is 0 Å². The maximum Gasteiger partial charge on any atom is 0.181 e. The molecule has 0 saturated carbocycles. The van der Waals surface area contributed by atoms with Gasteiger partial charge in [-0.1, -0.05) is 36.9 Å². The highest BCUT2D eigenvalue weighted by atomic mass is 16.6. The van der Waals surface area contributed by atoms with Crippen LogP contribution in [0.15, 0.2) is 30.8 Å². The van der Waals surface area contributed by atoms with Gasteiger partial charge in [0, 0.05) is 18.6 Å². The molecule has 1 heterocycles. The molecule has 2 rings (SSSR count). The van der Waals surface area contributed by atoms with Gasteiger partial charge in [0.15, 0.2) is 6.29 Å². The van der Waals surface area contributed by atoms with Crippen LogP contribution in [0, 0.1) is 0 Å². The lowest BCUT2D eigenvalue weighted by Gasteiger charge is -2.27. The van der Waals surface area contributed by atoms with E-state index < -0.39 is 6.29 Å². The molecular weight excluding hydrogens is 244 g/mol. The largest absolute Gasteiger partial charge is 0.393 e. The summed E-state index contributed by atoms with van der Waals surface area (Å²) in [5.41, 5.74) is 1.69. The van der Waals surface area contributed by atoms with Crippen molar-refractivity contribution in [2.45, 2.75) is 31.3 Å². The first kappa shape index (κ1) is 14.2. The Morgan fingerprint density at radius 2 is 2.16 bits per heavy atom. The third kappa shape index (κ3) is 4.14. The molecule has 3 atom stereocenters. The van der Waals surface area contributed by atoms with E-state index >= 15 is 0 Å². The maximum atomic E-state index is 9.91. The SMILES string of the molecule is C=Cc1ccc(C(O)OCC2CC(O)CCO2)cc1. The van der Waals surface area contributed by atoms with Crippen LogP contribution in [0.2, 0.25) is 0 Å². The third-order valence-electron chi connectivity index (χ3n) is 3.24. The predicted molar refractivity (Wildman–Crippen MR) is 72.4 cm³/mol. The number of hydrogen-bond acceptors (Lipinski definition) is 4. The van der Waals surface area contributed by atoms with E-state index in [1.807, 2.05) is 12.1 Å². The van der Waals surface area contributed by atoms with Crippen molar-refractivity contribution in [2.24, 2.45) is 0 Å². The predicted octanol–water partition coefficient (Wildman–Crippen LogP) is 1.88. The lowest BCUT2D eigenvalue weighted by atomic mass is 10.1. The zero-order valence-electron chi connectivity index (χ0n) is 10.9. The minimum Gasteiger partial charge on any atom is -0.393 e. The molecule has 0 aromatic heterocycles. The van der Waals surface area contributed by atoms with Crippen LogP contribution in [0.25, 0.3) is 6.08 Å². The molecule has 104 valence electrons. The van der Waals surface area contributed by atoms with Gasteiger partial charge < -0.3 is 19.7 Å². The number of benzene rings is 1. The van der Waals surface area contributed by atoms with E-state index in [2.05, 4.69) is 6.58 Å². The number of rotatable bonds is 5. The Balaban J connectivity index is 1.82. The Bertz CT molecular complexity index is 401. The first-order valence-electron chi connectivity index (χ1n) is 6.51. The number of aliphatic hydroxyl groups is 2. The minimum atomic E-state index is -0.971. The van der Waals surface area contributed by atoms with Crippen LogP contribution in [-0.4, -0.2) is 35.6 Å². The Labute approximate surface area is 113 Å². The van der Waals surface area contributed by atoms with Crippen LogP contribution in [0.3, 0.4) is 0 Å². The highest BCUT2D eigenvalue weighted by Crippen LogP contribution is 2.19. The molecule has 0 radical (unpaired) electrons. The molecular formula is C15H20O4. The summed E-state index contributed by atoms with van der Waals surface area (Å²) in [6, 6.07) is 7.35. The molecule has 0 bridgehead atoms. The van der Waals surface area contributed by atoms with Crippen molar-refractivity contribution in [3.8, 4) is 0 Å². The molecule has 2 N–H and O–H groups in total. The van der Waals surface area contributed by atoms with Crippen molar-refractivity contribution < 1.29 is 19.7 Å². The van der Waals surface area contributed by atoms with Crippen molar-refractivity contribution >= 4 is 6.08 Å². The monoisotopic (exact) mass is 264 g/mol. The Morgan fingerprint density at radius 1 is 1.42 bits per heavy atom. The highest BCUT2D eigenvalue weighted by Gasteiger charge is 2.22. The molecule has 1 aliphatic rings. The lowest BCUT2D eigenvalue weighted by Crippen LogP contribution is -2.32. The summed E-state index contributed by atoms with van der Waals surface area (Å²) in [6.07, 6.45) is 1.53. The van der Waals surface area contributed by atoms with Gasteiger partial charge in [-0.05, 0) is 12.0 Å². The zero-order chi connectivity index (χ0) is 13.7. The van der Waals surface area contributed by atoms with Crippen LogP contribution in [-0.2, 0) is 9.47 Å². The van der Waals surface area contributed by atoms with Crippen LogP contribution in [0.4, 0.5) is 0 Å². The Hall–Kier alpha value is -1.20. The molecule has 0 aliphatic carbocycles. The third-order valence-corrected chi connectivity index (χ3v) is 3.24. The van der Waals surface area contributed by atoms with Gasteiger partial charge in [-0.25, -0.2) is 0 Å². The molecule has 1 saturated heterocycles. The van der Waals surface area contributed by atoms with Gasteiger partial charge >= 0.3 is 0 Å². The second-order valence-electron chi connectivity index (χ2n) is 4.73. The molecule has 0 spiro atoms. The van der Waals surface area contributed by atoms with Gasteiger partial charge in [-0.15, -0.1) is 0 Å². The van der Waals surface area contributed by atoms with E-state index in [1.165, 1.54) is 0 Å². The van der Waals surface area contributed by atoms with Crippen LogP contribution >= 0.6 is 0 Å². The maximum absolute atomic E-state index is 9.91. The first-order valence-corrected chi connectivity index (χ1v) is 6.51. The summed E-state index contributed by atoms with van der Waals surface area (Å²) < 4.78 is 10.8. The Kier molecular flexibility index (Phi) is 5.10. The van der Waals surface area contributed by atoms with Gasteiger partial charge in [0.2, 0.25) is 0 Å². The van der Waals surface area contributed by atoms with Gasteiger partial charge in [-0.2, -0.15) is 0 Å². The lowest BCUT2D eigenvalue weighted by molar-refractivity contribution is -0.150. The number of hydrogen-bond donors (Lipinski definition) is 2. The fourth-order valence-electron chi connectivity index (χ4n) is 2.07. The minimum absolute atomic E-state index is 0.147. The van der Waals surface area contributed by atoms with Crippen molar-refractivity contribution in [2.75, 3.05) is 13.2 Å². The molecule has 1 aromatic rings. The van der Waals surface area contributed by atoms with E-state index in [4.69, 9.17) is 9.47 Å². The fraction of sp³-hybridized carbons (Fsp3) is 0.467. The summed E-state index contributed by atoms with van der Waals surface area (Å²) >= 11 is 0. The number of ether oxygens (including phenoxy) is 2. The van der Waals surface area contributed by atoms with Gasteiger partial charge in [0.1, 0.15) is 0 Å². The molecule has 4 nitrogen and oxygen atoms in total. The molecule has 0 amide bonds. The van der Waals surface area contributed by atoms with E-state index in [9.17, 15) is 10.2 Å². The fourth-order valence-corrected chi connectivity index (χ4v) is 2.07. The van der Waals surface area contributed by atoms with E-state index in [0.29, 0.717) is 25.0 Å². The normalized spacial score (nSPS) is 24.9. The average Bonchev–Trinajstić information content (AvgIpc) is 2.45. The van der Waals surface area contributed by atoms with E-state index in [0.717, 1.165) is 5.56 Å². The molecule has 3 unspecified atom stereocenters. The summed E-state index contributed by atoms with van der Waals surface area (Å²) in [5, 5.41) is 19.4. The highest BCUT2D eigenvalue weighted by molar-refractivity contribution is 5.47. The van der Waals surface area contributed by atoms with Crippen LogP contribution < -0.4 is 0 Å². The van der Waals surface area contributed by atoms with Gasteiger partial charge in [0.25, 0.3) is 0 Å². The van der Waals surface area contributed by atoms with Crippen LogP contribution in [0.5, 0.6) is 0 Å². The van der Waals surface area contributed by atoms with Gasteiger partial charge in [0.05, 0.1) is 18.8 Å². The van der Waals surface area contributed by atoms with Gasteiger partial charge in [-0.3, -0.25) is 0 Å². The second kappa shape index (κ2) is 6.82. The van der Waals surface area contributed by atoms with Crippen LogP contribution in [0.1, 0.15) is 30.3 Å². The van der Waals surface area contributed by atoms with Crippen molar-refractivity contribution in [3.63, 3.8) is 0 Å². The molecule has 4 heteroatoms. The Morgan fingerprint density at radius 3 is 2.79 bits per heavy atom. The zero-order valence-corrected chi connectivity index (χ0v) is 10.9. The number of aliphatic hydroxyl groups excluding tert-OH is 2. The summed E-state index contributed by atoms with van der Waals surface area (Å²) in [6.45, 7) is 4.50.